The van der Waals surface area contributed by atoms with Gasteiger partial charge in [0.1, 0.15) is 6.10 Å². The van der Waals surface area contributed by atoms with E-state index in [2.05, 4.69) is 0 Å². The van der Waals surface area contributed by atoms with Crippen LogP contribution in [-0.2, 0) is 19.0 Å². The monoisotopic (exact) mass is 228 g/mol. The second kappa shape index (κ2) is 5.25. The lowest BCUT2D eigenvalue weighted by Gasteiger charge is -2.32. The highest BCUT2D eigenvalue weighted by atomic mass is 16.8. The summed E-state index contributed by atoms with van der Waals surface area (Å²) in [6.07, 6.45) is 4.37. The number of ether oxygens (including phenoxy) is 3. The molecule has 0 radical (unpaired) electrons. The first-order chi connectivity index (χ1) is 7.79. The molecule has 0 spiro atoms. The Morgan fingerprint density at radius 1 is 1.19 bits per heavy atom. The van der Waals surface area contributed by atoms with Crippen LogP contribution in [-0.4, -0.2) is 37.5 Å². The van der Waals surface area contributed by atoms with Crippen LogP contribution in [0, 0.1) is 0 Å². The van der Waals surface area contributed by atoms with Crippen molar-refractivity contribution in [2.45, 2.75) is 50.9 Å². The predicted molar refractivity (Wildman–Crippen MR) is 58.1 cm³/mol. The number of carbonyl (C=O) groups is 1. The fourth-order valence-corrected chi connectivity index (χ4v) is 2.42. The molecular formula is C12H20O4. The van der Waals surface area contributed by atoms with Crippen molar-refractivity contribution in [3.63, 3.8) is 0 Å². The molecule has 0 amide bonds. The Morgan fingerprint density at radius 2 is 1.94 bits per heavy atom. The van der Waals surface area contributed by atoms with Crippen LogP contribution in [0.2, 0.25) is 0 Å². The highest BCUT2D eigenvalue weighted by Gasteiger charge is 2.50. The lowest BCUT2D eigenvalue weighted by molar-refractivity contribution is -0.226. The molecule has 0 N–H and O–H groups in total. The van der Waals surface area contributed by atoms with Crippen LogP contribution in [0.3, 0.4) is 0 Å². The van der Waals surface area contributed by atoms with Crippen molar-refractivity contribution in [2.24, 2.45) is 0 Å². The third-order valence-corrected chi connectivity index (χ3v) is 3.28. The highest BCUT2D eigenvalue weighted by Crippen LogP contribution is 2.32. The zero-order valence-electron chi connectivity index (χ0n) is 9.87. The quantitative estimate of drug-likeness (QED) is 0.737. The third kappa shape index (κ3) is 2.14. The zero-order chi connectivity index (χ0) is 11.4. The first-order valence-corrected chi connectivity index (χ1v) is 6.22. The molecule has 0 saturated carbocycles. The summed E-state index contributed by atoms with van der Waals surface area (Å²) in [5.41, 5.74) is 0. The summed E-state index contributed by atoms with van der Waals surface area (Å²) >= 11 is 0. The Kier molecular flexibility index (Phi) is 3.95. The molecule has 2 rings (SSSR count). The van der Waals surface area contributed by atoms with Gasteiger partial charge in [0.25, 0.3) is 5.79 Å². The average Bonchev–Trinajstić information content (AvgIpc) is 2.65. The fraction of sp³-hybridized carbons (Fsp3) is 0.917. The largest absolute Gasteiger partial charge is 0.372 e. The van der Waals surface area contributed by atoms with Gasteiger partial charge in [0.05, 0.1) is 13.2 Å². The van der Waals surface area contributed by atoms with Gasteiger partial charge in [-0.1, -0.05) is 19.8 Å². The molecule has 2 heterocycles. The van der Waals surface area contributed by atoms with E-state index < -0.39 is 5.79 Å². The molecule has 2 aliphatic rings. The van der Waals surface area contributed by atoms with E-state index in [0.717, 1.165) is 25.7 Å². The van der Waals surface area contributed by atoms with Gasteiger partial charge in [-0.3, -0.25) is 4.79 Å². The van der Waals surface area contributed by atoms with Gasteiger partial charge in [-0.25, -0.2) is 0 Å². The van der Waals surface area contributed by atoms with Gasteiger partial charge >= 0.3 is 0 Å². The topological polar surface area (TPSA) is 44.8 Å². The average molecular weight is 228 g/mol. The van der Waals surface area contributed by atoms with Gasteiger partial charge in [0, 0.05) is 13.0 Å². The van der Waals surface area contributed by atoms with Crippen molar-refractivity contribution in [2.75, 3.05) is 19.8 Å². The standard InChI is InChI=1S/C12H20O4/c1-2-10(13)12(15-8-9-16-12)11-6-4-3-5-7-14-11/h11H,2-9H2,1H3. The smallest absolute Gasteiger partial charge is 0.256 e. The minimum atomic E-state index is -1.10. The van der Waals surface area contributed by atoms with Crippen LogP contribution >= 0.6 is 0 Å². The Bertz CT molecular complexity index is 237. The van der Waals surface area contributed by atoms with Crippen LogP contribution in [0.4, 0.5) is 0 Å². The number of ketones is 1. The van der Waals surface area contributed by atoms with Crippen LogP contribution < -0.4 is 0 Å². The van der Waals surface area contributed by atoms with Crippen molar-refractivity contribution in [1.29, 1.82) is 0 Å². The Morgan fingerprint density at radius 3 is 2.62 bits per heavy atom. The molecule has 2 fully saturated rings. The summed E-state index contributed by atoms with van der Waals surface area (Å²) in [7, 11) is 0. The first-order valence-electron chi connectivity index (χ1n) is 6.22. The van der Waals surface area contributed by atoms with Crippen LogP contribution in [0.25, 0.3) is 0 Å². The van der Waals surface area contributed by atoms with Gasteiger partial charge < -0.3 is 14.2 Å². The third-order valence-electron chi connectivity index (χ3n) is 3.28. The zero-order valence-corrected chi connectivity index (χ0v) is 9.87. The molecule has 0 aliphatic carbocycles. The number of rotatable bonds is 3. The summed E-state index contributed by atoms with van der Waals surface area (Å²) < 4.78 is 16.9. The maximum absolute atomic E-state index is 12.0. The van der Waals surface area contributed by atoms with Gasteiger partial charge in [0.15, 0.2) is 5.78 Å². The van der Waals surface area contributed by atoms with E-state index in [1.807, 2.05) is 6.92 Å². The van der Waals surface area contributed by atoms with Crippen molar-refractivity contribution >= 4 is 5.78 Å². The maximum Gasteiger partial charge on any atom is 0.256 e. The summed E-state index contributed by atoms with van der Waals surface area (Å²) in [5.74, 6) is -1.09. The van der Waals surface area contributed by atoms with Crippen LogP contribution in [0.1, 0.15) is 39.0 Å². The Balaban J connectivity index is 2.13. The summed E-state index contributed by atoms with van der Waals surface area (Å²) in [6, 6.07) is 0. The molecule has 92 valence electrons. The van der Waals surface area contributed by atoms with E-state index in [1.165, 1.54) is 0 Å². The van der Waals surface area contributed by atoms with Crippen molar-refractivity contribution in [1.82, 2.24) is 0 Å². The predicted octanol–water partition coefficient (Wildman–Crippen LogP) is 1.67. The van der Waals surface area contributed by atoms with E-state index in [1.54, 1.807) is 0 Å². The minimum absolute atomic E-state index is 0.0110. The second-order valence-corrected chi connectivity index (χ2v) is 4.35. The molecule has 4 heteroatoms. The van der Waals surface area contributed by atoms with Crippen molar-refractivity contribution < 1.29 is 19.0 Å². The summed E-state index contributed by atoms with van der Waals surface area (Å²) in [4.78, 5) is 12.0. The van der Waals surface area contributed by atoms with Crippen molar-refractivity contribution in [3.8, 4) is 0 Å². The SMILES string of the molecule is CCC(=O)C1(C2CCCCCO2)OCCO1. The van der Waals surface area contributed by atoms with Gasteiger partial charge in [-0.05, 0) is 12.8 Å². The fourth-order valence-electron chi connectivity index (χ4n) is 2.42. The van der Waals surface area contributed by atoms with Gasteiger partial charge in [-0.15, -0.1) is 0 Å². The maximum atomic E-state index is 12.0. The van der Waals surface area contributed by atoms with E-state index in [4.69, 9.17) is 14.2 Å². The second-order valence-electron chi connectivity index (χ2n) is 4.35. The lowest BCUT2D eigenvalue weighted by Crippen LogP contribution is -2.51. The molecule has 0 bridgehead atoms. The van der Waals surface area contributed by atoms with E-state index in [-0.39, 0.29) is 11.9 Å². The summed E-state index contributed by atoms with van der Waals surface area (Å²) in [6.45, 7) is 3.53. The van der Waals surface area contributed by atoms with E-state index in [9.17, 15) is 4.79 Å². The molecule has 16 heavy (non-hydrogen) atoms. The highest BCUT2D eigenvalue weighted by molar-refractivity contribution is 5.86. The van der Waals surface area contributed by atoms with E-state index in [0.29, 0.717) is 26.2 Å². The molecule has 2 saturated heterocycles. The molecule has 0 aromatic rings. The number of hydrogen-bond donors (Lipinski definition) is 0. The molecule has 1 unspecified atom stereocenters. The molecule has 2 aliphatic heterocycles. The van der Waals surface area contributed by atoms with Crippen LogP contribution in [0.15, 0.2) is 0 Å². The number of Topliss-reactive ketones (excluding diaryl/α,β-unsaturated/α-hetero) is 1. The molecular weight excluding hydrogens is 208 g/mol. The molecule has 1 atom stereocenters. The molecule has 0 aromatic heterocycles. The molecule has 4 nitrogen and oxygen atoms in total. The summed E-state index contributed by atoms with van der Waals surface area (Å²) in [5, 5.41) is 0. The van der Waals surface area contributed by atoms with Gasteiger partial charge in [-0.2, -0.15) is 0 Å². The lowest BCUT2D eigenvalue weighted by atomic mass is 9.98. The number of carbonyl (C=O) groups excluding carboxylic acids is 1. The van der Waals surface area contributed by atoms with Crippen LogP contribution in [0.5, 0.6) is 0 Å². The normalized spacial score (nSPS) is 29.9. The van der Waals surface area contributed by atoms with Gasteiger partial charge in [0.2, 0.25) is 0 Å². The minimum Gasteiger partial charge on any atom is -0.372 e. The molecule has 0 aromatic carbocycles. The van der Waals surface area contributed by atoms with Crippen molar-refractivity contribution in [3.05, 3.63) is 0 Å². The first kappa shape index (κ1) is 12.0. The Hall–Kier alpha value is -0.450. The Labute approximate surface area is 96.2 Å². The van der Waals surface area contributed by atoms with E-state index >= 15 is 0 Å². The number of hydrogen-bond acceptors (Lipinski definition) is 4.